The number of thiocarbonyl (C=S) groups is 1. The molecule has 7 heteroatoms. The Morgan fingerprint density at radius 1 is 1.50 bits per heavy atom. The lowest BCUT2D eigenvalue weighted by Crippen LogP contribution is -2.46. The first-order valence-corrected chi connectivity index (χ1v) is 8.14. The average molecular weight is 292 g/mol. The van der Waals surface area contributed by atoms with Crippen molar-refractivity contribution in [3.8, 4) is 0 Å². The van der Waals surface area contributed by atoms with Gasteiger partial charge in [-0.05, 0) is 12.8 Å². The van der Waals surface area contributed by atoms with Gasteiger partial charge in [0.1, 0.15) is 5.25 Å². The van der Waals surface area contributed by atoms with Gasteiger partial charge in [0.25, 0.3) is 0 Å². The largest absolute Gasteiger partial charge is 0.393 e. The second kappa shape index (κ2) is 5.97. The molecule has 1 aliphatic heterocycles. The second-order valence-electron chi connectivity index (χ2n) is 4.87. The molecule has 0 aromatic carbocycles. The molecule has 0 saturated carbocycles. The molecule has 1 heterocycles. The Bertz CT molecular complexity index is 434. The Kier molecular flexibility index (Phi) is 5.10. The summed E-state index contributed by atoms with van der Waals surface area (Å²) >= 11 is 4.85. The minimum absolute atomic E-state index is 0.111. The van der Waals surface area contributed by atoms with Crippen molar-refractivity contribution in [3.05, 3.63) is 0 Å². The number of carbonyl (C=O) groups excluding carboxylic acids is 1. The maximum Gasteiger partial charge on any atom is 0.240 e. The van der Waals surface area contributed by atoms with Gasteiger partial charge < -0.3 is 10.6 Å². The number of nitrogens with zero attached hydrogens (tertiary/aromatic N) is 1. The molecule has 2 atom stereocenters. The summed E-state index contributed by atoms with van der Waals surface area (Å²) in [6.07, 6.45) is 1.86. The van der Waals surface area contributed by atoms with Crippen molar-refractivity contribution in [1.29, 1.82) is 0 Å². The van der Waals surface area contributed by atoms with E-state index in [4.69, 9.17) is 18.0 Å². The van der Waals surface area contributed by atoms with Gasteiger partial charge in [0.2, 0.25) is 5.91 Å². The summed E-state index contributed by atoms with van der Waals surface area (Å²) in [6, 6.07) is 0. The Hall–Kier alpha value is -0.690. The molecule has 104 valence electrons. The van der Waals surface area contributed by atoms with Crippen LogP contribution < -0.4 is 5.73 Å². The molecule has 1 fully saturated rings. The van der Waals surface area contributed by atoms with Crippen molar-refractivity contribution in [3.63, 3.8) is 0 Å². The molecule has 0 aromatic rings. The zero-order chi connectivity index (χ0) is 13.9. The molecule has 1 saturated heterocycles. The van der Waals surface area contributed by atoms with Crippen molar-refractivity contribution in [1.82, 2.24) is 4.90 Å². The van der Waals surface area contributed by atoms with Crippen LogP contribution in [0.15, 0.2) is 0 Å². The van der Waals surface area contributed by atoms with Crippen molar-refractivity contribution in [2.24, 2.45) is 11.7 Å². The van der Waals surface area contributed by atoms with Crippen LogP contribution in [-0.2, 0) is 14.6 Å². The molecule has 18 heavy (non-hydrogen) atoms. The van der Waals surface area contributed by atoms with Crippen LogP contribution in [0.1, 0.15) is 26.2 Å². The minimum Gasteiger partial charge on any atom is -0.393 e. The lowest BCUT2D eigenvalue weighted by atomic mass is 10.1. The molecule has 1 aliphatic rings. The monoisotopic (exact) mass is 292 g/mol. The van der Waals surface area contributed by atoms with E-state index in [9.17, 15) is 13.2 Å². The molecular weight excluding hydrogens is 272 g/mol. The average Bonchev–Trinajstić information content (AvgIpc) is 2.27. The topological polar surface area (TPSA) is 80.5 Å². The molecule has 0 bridgehead atoms. The highest BCUT2D eigenvalue weighted by Crippen LogP contribution is 2.21. The predicted octanol–water partition coefficient (Wildman–Crippen LogP) is 0.334. The van der Waals surface area contributed by atoms with Gasteiger partial charge in [0.15, 0.2) is 9.84 Å². The van der Waals surface area contributed by atoms with E-state index in [0.29, 0.717) is 24.4 Å². The van der Waals surface area contributed by atoms with E-state index in [1.807, 2.05) is 6.92 Å². The van der Waals surface area contributed by atoms with Gasteiger partial charge in [-0.1, -0.05) is 25.6 Å². The summed E-state index contributed by atoms with van der Waals surface area (Å²) in [5, 5.41) is -0.880. The molecule has 0 spiro atoms. The smallest absolute Gasteiger partial charge is 0.240 e. The first-order valence-electron chi connectivity index (χ1n) is 6.01. The van der Waals surface area contributed by atoms with E-state index in [2.05, 4.69) is 0 Å². The van der Waals surface area contributed by atoms with Crippen molar-refractivity contribution in [2.75, 3.05) is 19.3 Å². The van der Waals surface area contributed by atoms with Crippen LogP contribution in [0, 0.1) is 5.92 Å². The number of rotatable bonds is 4. The molecule has 5 nitrogen and oxygen atoms in total. The van der Waals surface area contributed by atoms with Crippen LogP contribution in [0.2, 0.25) is 0 Å². The third kappa shape index (κ3) is 3.65. The predicted molar refractivity (Wildman–Crippen MR) is 75.0 cm³/mol. The minimum atomic E-state index is -3.28. The molecule has 2 N–H and O–H groups in total. The first kappa shape index (κ1) is 15.4. The highest BCUT2D eigenvalue weighted by Gasteiger charge is 2.36. The normalized spacial score (nSPS) is 24.2. The first-order chi connectivity index (χ1) is 8.25. The van der Waals surface area contributed by atoms with Gasteiger partial charge in [-0.25, -0.2) is 8.42 Å². The molecular formula is C11H20N2O3S2. The van der Waals surface area contributed by atoms with Crippen LogP contribution in [0.4, 0.5) is 0 Å². The fraction of sp³-hybridized carbons (Fsp3) is 0.818. The Labute approximate surface area is 114 Å². The molecule has 1 rings (SSSR count). The second-order valence-corrected chi connectivity index (χ2v) is 7.65. The van der Waals surface area contributed by atoms with Gasteiger partial charge in [0, 0.05) is 19.5 Å². The molecule has 1 amide bonds. The van der Waals surface area contributed by atoms with Gasteiger partial charge in [0.05, 0.1) is 10.7 Å². The van der Waals surface area contributed by atoms with E-state index in [0.717, 1.165) is 6.42 Å². The van der Waals surface area contributed by atoms with E-state index in [1.165, 1.54) is 4.90 Å². The van der Waals surface area contributed by atoms with Crippen molar-refractivity contribution >= 4 is 33.0 Å². The summed E-state index contributed by atoms with van der Waals surface area (Å²) in [6.45, 7) is 2.18. The number of amides is 1. The maximum atomic E-state index is 12.1. The van der Waals surface area contributed by atoms with E-state index < -0.39 is 15.1 Å². The standard InChI is InChI=1S/C11H20N2O3S2/c1-8(10(12)17)7-13(2)11(14)9-5-3-4-6-18(9,15)16/h8-9H,3-7H2,1-2H3,(H2,12,17). The lowest BCUT2D eigenvalue weighted by molar-refractivity contribution is -0.129. The number of hydrogen-bond donors (Lipinski definition) is 1. The number of carbonyl (C=O) groups is 1. The Morgan fingerprint density at radius 3 is 2.61 bits per heavy atom. The Morgan fingerprint density at radius 2 is 2.11 bits per heavy atom. The number of nitrogens with two attached hydrogens (primary N) is 1. The van der Waals surface area contributed by atoms with Crippen LogP contribution in [0.3, 0.4) is 0 Å². The SMILES string of the molecule is CC(CN(C)C(=O)C1CCCCS1(=O)=O)C(N)=S. The number of sulfone groups is 1. The highest BCUT2D eigenvalue weighted by molar-refractivity contribution is 7.92. The molecule has 2 unspecified atom stereocenters. The summed E-state index contributed by atoms with van der Waals surface area (Å²) < 4.78 is 23.7. The van der Waals surface area contributed by atoms with Crippen LogP contribution in [-0.4, -0.2) is 48.8 Å². The maximum absolute atomic E-state index is 12.1. The van der Waals surface area contributed by atoms with Gasteiger partial charge in [-0.3, -0.25) is 4.79 Å². The zero-order valence-electron chi connectivity index (χ0n) is 10.8. The van der Waals surface area contributed by atoms with Crippen LogP contribution in [0.25, 0.3) is 0 Å². The van der Waals surface area contributed by atoms with Gasteiger partial charge >= 0.3 is 0 Å². The third-order valence-corrected chi connectivity index (χ3v) is 5.83. The van der Waals surface area contributed by atoms with E-state index >= 15 is 0 Å². The molecule has 0 aliphatic carbocycles. The third-order valence-electron chi connectivity index (χ3n) is 3.26. The summed E-state index contributed by atoms with van der Waals surface area (Å²) in [7, 11) is -1.68. The van der Waals surface area contributed by atoms with Crippen LogP contribution >= 0.6 is 12.2 Å². The van der Waals surface area contributed by atoms with E-state index in [-0.39, 0.29) is 17.6 Å². The summed E-state index contributed by atoms with van der Waals surface area (Å²) in [5.41, 5.74) is 5.49. The molecule has 0 radical (unpaired) electrons. The Balaban J connectivity index is 2.71. The van der Waals surface area contributed by atoms with Crippen molar-refractivity contribution in [2.45, 2.75) is 31.4 Å². The summed E-state index contributed by atoms with van der Waals surface area (Å²) in [5.74, 6) is -0.333. The van der Waals surface area contributed by atoms with E-state index in [1.54, 1.807) is 7.05 Å². The number of hydrogen-bond acceptors (Lipinski definition) is 4. The molecule has 0 aromatic heterocycles. The quantitative estimate of drug-likeness (QED) is 0.756. The van der Waals surface area contributed by atoms with Crippen molar-refractivity contribution < 1.29 is 13.2 Å². The highest BCUT2D eigenvalue weighted by atomic mass is 32.2. The van der Waals surface area contributed by atoms with Gasteiger partial charge in [-0.15, -0.1) is 0 Å². The van der Waals surface area contributed by atoms with Crippen LogP contribution in [0.5, 0.6) is 0 Å². The van der Waals surface area contributed by atoms with Gasteiger partial charge in [-0.2, -0.15) is 0 Å². The summed E-state index contributed by atoms with van der Waals surface area (Å²) in [4.78, 5) is 13.9. The fourth-order valence-electron chi connectivity index (χ4n) is 2.07. The fourth-order valence-corrected chi connectivity index (χ4v) is 4.05. The lowest BCUT2D eigenvalue weighted by Gasteiger charge is -2.27. The zero-order valence-corrected chi connectivity index (χ0v) is 12.4.